The summed E-state index contributed by atoms with van der Waals surface area (Å²) in [4.78, 5) is 39.8. The molecular weight excluding hydrogens is 428 g/mol. The van der Waals surface area contributed by atoms with Gasteiger partial charge in [-0.3, -0.25) is 9.59 Å². The molecule has 8 N–H and O–H groups in total. The topological polar surface area (TPSA) is 178 Å². The molecule has 0 unspecified atom stereocenters. The van der Waals surface area contributed by atoms with Gasteiger partial charge in [-0.2, -0.15) is 0 Å². The number of benzene rings is 2. The van der Waals surface area contributed by atoms with Gasteiger partial charge in [-0.25, -0.2) is 4.79 Å². The second-order valence-electron chi connectivity index (χ2n) is 7.68. The summed E-state index contributed by atoms with van der Waals surface area (Å²) >= 11 is 0. The number of phenols is 1. The molecule has 3 rings (SSSR count). The number of rotatable bonds is 10. The highest BCUT2D eigenvalue weighted by atomic mass is 16.4. The Morgan fingerprint density at radius 1 is 0.939 bits per heavy atom. The molecule has 0 bridgehead atoms. The third-order valence-electron chi connectivity index (χ3n) is 5.26. The molecule has 3 atom stereocenters. The van der Waals surface area contributed by atoms with E-state index in [4.69, 9.17) is 5.73 Å². The largest absolute Gasteiger partial charge is 0.508 e. The van der Waals surface area contributed by atoms with Crippen molar-refractivity contribution < 1.29 is 29.7 Å². The van der Waals surface area contributed by atoms with Gasteiger partial charge < -0.3 is 36.7 Å². The molecule has 1 heterocycles. The summed E-state index contributed by atoms with van der Waals surface area (Å²) in [5.74, 6) is -2.69. The first kappa shape index (κ1) is 23.8. The monoisotopic (exact) mass is 454 g/mol. The second-order valence-corrected chi connectivity index (χ2v) is 7.68. The third kappa shape index (κ3) is 6.09. The van der Waals surface area contributed by atoms with E-state index in [1.807, 2.05) is 24.3 Å². The Kier molecular flexibility index (Phi) is 7.65. The van der Waals surface area contributed by atoms with Gasteiger partial charge in [0.15, 0.2) is 0 Å². The van der Waals surface area contributed by atoms with Crippen molar-refractivity contribution in [2.45, 2.75) is 31.0 Å². The SMILES string of the molecule is N[C@@H](Cc1ccc(O)cc1)C(=O)N[C@@H](CO)C(=O)N[C@@H](Cc1c[nH]c2ccccc12)C(=O)O. The van der Waals surface area contributed by atoms with E-state index in [0.717, 1.165) is 10.9 Å². The van der Waals surface area contributed by atoms with Crippen LogP contribution in [0.4, 0.5) is 0 Å². The van der Waals surface area contributed by atoms with Gasteiger partial charge in [-0.05, 0) is 35.7 Å². The van der Waals surface area contributed by atoms with Crippen molar-refractivity contribution in [3.63, 3.8) is 0 Å². The van der Waals surface area contributed by atoms with Crippen LogP contribution >= 0.6 is 0 Å². The molecule has 174 valence electrons. The maximum absolute atomic E-state index is 12.6. The van der Waals surface area contributed by atoms with Crippen LogP contribution in [-0.4, -0.2) is 62.8 Å². The number of aliphatic hydroxyl groups is 1. The fourth-order valence-corrected chi connectivity index (χ4v) is 3.44. The van der Waals surface area contributed by atoms with E-state index in [-0.39, 0.29) is 18.6 Å². The van der Waals surface area contributed by atoms with Gasteiger partial charge in [0.2, 0.25) is 11.8 Å². The molecular formula is C23H26N4O6. The zero-order chi connectivity index (χ0) is 24.0. The molecule has 0 aliphatic heterocycles. The number of carboxylic acid groups (broad SMARTS) is 1. The number of carbonyl (C=O) groups is 3. The summed E-state index contributed by atoms with van der Waals surface area (Å²) in [6.07, 6.45) is 1.84. The van der Waals surface area contributed by atoms with Crippen LogP contribution in [0, 0.1) is 0 Å². The number of carboxylic acids is 1. The predicted octanol–water partition coefficient (Wildman–Crippen LogP) is 0.0325. The summed E-state index contributed by atoms with van der Waals surface area (Å²) in [7, 11) is 0. The average Bonchev–Trinajstić information content (AvgIpc) is 3.21. The van der Waals surface area contributed by atoms with Crippen LogP contribution in [0.5, 0.6) is 5.75 Å². The second kappa shape index (κ2) is 10.6. The predicted molar refractivity (Wildman–Crippen MR) is 120 cm³/mol. The molecule has 0 saturated carbocycles. The number of aliphatic carboxylic acids is 1. The first-order chi connectivity index (χ1) is 15.8. The summed E-state index contributed by atoms with van der Waals surface area (Å²) in [6, 6.07) is 9.86. The Bertz CT molecular complexity index is 1130. The maximum atomic E-state index is 12.6. The van der Waals surface area contributed by atoms with E-state index in [2.05, 4.69) is 15.6 Å². The molecule has 0 spiro atoms. The number of nitrogens with two attached hydrogens (primary N) is 1. The number of amides is 2. The molecule has 2 aromatic carbocycles. The molecule has 10 nitrogen and oxygen atoms in total. The summed E-state index contributed by atoms with van der Waals surface area (Å²) in [6.45, 7) is -0.733. The molecule has 1 aromatic heterocycles. The highest BCUT2D eigenvalue weighted by Crippen LogP contribution is 2.19. The first-order valence-electron chi connectivity index (χ1n) is 10.3. The van der Waals surface area contributed by atoms with Crippen molar-refractivity contribution in [1.82, 2.24) is 15.6 Å². The van der Waals surface area contributed by atoms with E-state index < -0.39 is 42.5 Å². The van der Waals surface area contributed by atoms with E-state index in [1.165, 1.54) is 12.1 Å². The van der Waals surface area contributed by atoms with Gasteiger partial charge in [0.25, 0.3) is 0 Å². The number of phenolic OH excluding ortho intramolecular Hbond substituents is 1. The Labute approximate surface area is 189 Å². The lowest BCUT2D eigenvalue weighted by molar-refractivity contribution is -0.142. The van der Waals surface area contributed by atoms with Gasteiger partial charge >= 0.3 is 5.97 Å². The molecule has 0 aliphatic carbocycles. The summed E-state index contributed by atoms with van der Waals surface area (Å²) in [5.41, 5.74) is 8.14. The van der Waals surface area contributed by atoms with Crippen LogP contribution in [0.3, 0.4) is 0 Å². The zero-order valence-electron chi connectivity index (χ0n) is 17.7. The lowest BCUT2D eigenvalue weighted by Gasteiger charge is -2.21. The van der Waals surface area contributed by atoms with E-state index in [0.29, 0.717) is 11.1 Å². The van der Waals surface area contributed by atoms with Gasteiger partial charge in [-0.15, -0.1) is 0 Å². The van der Waals surface area contributed by atoms with Gasteiger partial charge in [0.1, 0.15) is 17.8 Å². The van der Waals surface area contributed by atoms with Crippen molar-refractivity contribution >= 4 is 28.7 Å². The molecule has 3 aromatic rings. The quantitative estimate of drug-likeness (QED) is 0.226. The molecule has 0 fully saturated rings. The number of aromatic amines is 1. The lowest BCUT2D eigenvalue weighted by Crippen LogP contribution is -2.56. The van der Waals surface area contributed by atoms with Crippen LogP contribution in [0.15, 0.2) is 54.7 Å². The molecule has 33 heavy (non-hydrogen) atoms. The molecule has 0 saturated heterocycles. The first-order valence-corrected chi connectivity index (χ1v) is 10.3. The number of aromatic nitrogens is 1. The minimum atomic E-state index is -1.37. The maximum Gasteiger partial charge on any atom is 0.326 e. The Morgan fingerprint density at radius 2 is 1.61 bits per heavy atom. The van der Waals surface area contributed by atoms with Crippen LogP contribution in [-0.2, 0) is 27.2 Å². The highest BCUT2D eigenvalue weighted by Gasteiger charge is 2.28. The molecule has 2 amide bonds. The van der Waals surface area contributed by atoms with Gasteiger partial charge in [0, 0.05) is 23.5 Å². The normalized spacial score (nSPS) is 13.8. The number of hydrogen-bond acceptors (Lipinski definition) is 6. The number of carbonyl (C=O) groups excluding carboxylic acids is 2. The number of nitrogens with one attached hydrogen (secondary N) is 3. The fourth-order valence-electron chi connectivity index (χ4n) is 3.44. The number of para-hydroxylation sites is 1. The zero-order valence-corrected chi connectivity index (χ0v) is 17.7. The number of fused-ring (bicyclic) bond motifs is 1. The van der Waals surface area contributed by atoms with Crippen molar-refractivity contribution in [1.29, 1.82) is 0 Å². The Morgan fingerprint density at radius 3 is 2.27 bits per heavy atom. The van der Waals surface area contributed by atoms with Crippen LogP contribution in [0.1, 0.15) is 11.1 Å². The van der Waals surface area contributed by atoms with E-state index in [9.17, 15) is 29.7 Å². The number of aliphatic hydroxyl groups excluding tert-OH is 1. The number of hydrogen-bond donors (Lipinski definition) is 7. The molecule has 10 heteroatoms. The van der Waals surface area contributed by atoms with Crippen molar-refractivity contribution in [2.24, 2.45) is 5.73 Å². The summed E-state index contributed by atoms with van der Waals surface area (Å²) < 4.78 is 0. The van der Waals surface area contributed by atoms with E-state index in [1.54, 1.807) is 18.3 Å². The average molecular weight is 454 g/mol. The number of aromatic hydroxyl groups is 1. The van der Waals surface area contributed by atoms with Crippen LogP contribution in [0.2, 0.25) is 0 Å². The van der Waals surface area contributed by atoms with Crippen molar-refractivity contribution in [3.8, 4) is 5.75 Å². The fraction of sp³-hybridized carbons (Fsp3) is 0.261. The lowest BCUT2D eigenvalue weighted by atomic mass is 10.0. The van der Waals surface area contributed by atoms with Crippen molar-refractivity contribution in [2.75, 3.05) is 6.61 Å². The Hall–Kier alpha value is -3.89. The number of H-pyrrole nitrogens is 1. The van der Waals surface area contributed by atoms with Crippen LogP contribution < -0.4 is 16.4 Å². The highest BCUT2D eigenvalue weighted by molar-refractivity contribution is 5.92. The standard InChI is InChI=1S/C23H26N4O6/c24-17(9-13-5-7-15(29)8-6-13)21(30)27-20(12-28)22(31)26-19(23(32)33)10-14-11-25-18-4-2-1-3-16(14)18/h1-8,11,17,19-20,25,28-29H,9-10,12,24H2,(H,26,31)(H,27,30)(H,32,33)/t17-,19-,20-/m0/s1. The van der Waals surface area contributed by atoms with Gasteiger partial charge in [-0.1, -0.05) is 30.3 Å². The molecule has 0 aliphatic rings. The van der Waals surface area contributed by atoms with E-state index >= 15 is 0 Å². The van der Waals surface area contributed by atoms with Gasteiger partial charge in [0.05, 0.1) is 12.6 Å². The van der Waals surface area contributed by atoms with Crippen LogP contribution in [0.25, 0.3) is 10.9 Å². The molecule has 0 radical (unpaired) electrons. The smallest absolute Gasteiger partial charge is 0.326 e. The third-order valence-corrected chi connectivity index (χ3v) is 5.26. The Balaban J connectivity index is 1.62. The minimum absolute atomic E-state index is 0.0115. The minimum Gasteiger partial charge on any atom is -0.508 e. The van der Waals surface area contributed by atoms with Crippen molar-refractivity contribution in [3.05, 3.63) is 65.9 Å². The summed E-state index contributed by atoms with van der Waals surface area (Å²) in [5, 5.41) is 34.1.